The second-order valence-electron chi connectivity index (χ2n) is 6.49. The van der Waals surface area contributed by atoms with Gasteiger partial charge in [0.15, 0.2) is 0 Å². The first-order chi connectivity index (χ1) is 8.86. The maximum absolute atomic E-state index is 12.0. The molecule has 2 fully saturated rings. The van der Waals surface area contributed by atoms with Crippen LogP contribution in [0.4, 0.5) is 4.79 Å². The highest BCUT2D eigenvalue weighted by atomic mass is 16.6. The Morgan fingerprint density at radius 1 is 1.26 bits per heavy atom. The predicted octanol–water partition coefficient (Wildman–Crippen LogP) is -0.160. The molecule has 0 spiro atoms. The van der Waals surface area contributed by atoms with E-state index in [2.05, 4.69) is 10.2 Å². The van der Waals surface area contributed by atoms with Gasteiger partial charge in [-0.1, -0.05) is 0 Å². The zero-order valence-electron chi connectivity index (χ0n) is 12.2. The van der Waals surface area contributed by atoms with E-state index in [1.165, 1.54) is 0 Å². The van der Waals surface area contributed by atoms with Gasteiger partial charge in [0.25, 0.3) is 0 Å². The Balaban J connectivity index is 1.84. The van der Waals surface area contributed by atoms with Crippen LogP contribution in [0.15, 0.2) is 0 Å². The van der Waals surface area contributed by atoms with Gasteiger partial charge in [-0.3, -0.25) is 4.90 Å². The van der Waals surface area contributed by atoms with E-state index in [0.29, 0.717) is 6.54 Å². The summed E-state index contributed by atoms with van der Waals surface area (Å²) in [4.78, 5) is 16.2. The second-order valence-corrected chi connectivity index (χ2v) is 6.49. The van der Waals surface area contributed by atoms with Crippen molar-refractivity contribution in [1.29, 1.82) is 0 Å². The fourth-order valence-corrected chi connectivity index (χ4v) is 2.60. The van der Waals surface area contributed by atoms with Gasteiger partial charge in [-0.15, -0.1) is 0 Å². The molecular formula is C13H26N4O2. The van der Waals surface area contributed by atoms with Crippen molar-refractivity contribution in [3.8, 4) is 0 Å². The number of nitrogens with one attached hydrogen (secondary N) is 1. The first-order valence-corrected chi connectivity index (χ1v) is 7.00. The van der Waals surface area contributed by atoms with Gasteiger partial charge in [0.1, 0.15) is 5.60 Å². The van der Waals surface area contributed by atoms with Gasteiger partial charge in [-0.25, -0.2) is 4.79 Å². The molecule has 0 saturated carbocycles. The van der Waals surface area contributed by atoms with E-state index in [9.17, 15) is 4.79 Å². The Hall–Kier alpha value is -0.850. The highest BCUT2D eigenvalue weighted by molar-refractivity contribution is 5.68. The number of ether oxygens (including phenoxy) is 1. The fourth-order valence-electron chi connectivity index (χ4n) is 2.60. The van der Waals surface area contributed by atoms with Crippen molar-refractivity contribution >= 4 is 6.09 Å². The summed E-state index contributed by atoms with van der Waals surface area (Å²) >= 11 is 0. The molecule has 0 bridgehead atoms. The number of piperazine rings is 1. The SMILES string of the molecule is CC(C)(C)OC(=O)N1CCN(C2(CN)CNC2)CC1. The number of hydrogen-bond donors (Lipinski definition) is 2. The summed E-state index contributed by atoms with van der Waals surface area (Å²) in [6.45, 7) is 11.4. The number of carbonyl (C=O) groups is 1. The molecule has 2 heterocycles. The number of rotatable bonds is 2. The first kappa shape index (κ1) is 14.6. The monoisotopic (exact) mass is 270 g/mol. The van der Waals surface area contributed by atoms with Crippen molar-refractivity contribution in [3.63, 3.8) is 0 Å². The predicted molar refractivity (Wildman–Crippen MR) is 74.0 cm³/mol. The molecule has 0 unspecified atom stereocenters. The van der Waals surface area contributed by atoms with E-state index < -0.39 is 5.60 Å². The van der Waals surface area contributed by atoms with Crippen LogP contribution in [0.2, 0.25) is 0 Å². The largest absolute Gasteiger partial charge is 0.444 e. The lowest BCUT2D eigenvalue weighted by molar-refractivity contribution is -0.0155. The average Bonchev–Trinajstić information content (AvgIpc) is 2.27. The Labute approximate surface area is 115 Å². The fraction of sp³-hybridized carbons (Fsp3) is 0.923. The minimum Gasteiger partial charge on any atom is -0.444 e. The summed E-state index contributed by atoms with van der Waals surface area (Å²) in [7, 11) is 0. The van der Waals surface area contributed by atoms with Crippen LogP contribution in [0.1, 0.15) is 20.8 Å². The molecule has 6 nitrogen and oxygen atoms in total. The molecule has 19 heavy (non-hydrogen) atoms. The van der Waals surface area contributed by atoms with E-state index >= 15 is 0 Å². The van der Waals surface area contributed by atoms with Gasteiger partial charge in [0.05, 0.1) is 5.54 Å². The zero-order valence-corrected chi connectivity index (χ0v) is 12.2. The van der Waals surface area contributed by atoms with Gasteiger partial charge in [0.2, 0.25) is 0 Å². The molecule has 2 aliphatic heterocycles. The quantitative estimate of drug-likeness (QED) is 0.729. The van der Waals surface area contributed by atoms with E-state index in [1.807, 2.05) is 20.8 Å². The van der Waals surface area contributed by atoms with Crippen molar-refractivity contribution in [1.82, 2.24) is 15.1 Å². The lowest BCUT2D eigenvalue weighted by Gasteiger charge is -2.52. The molecule has 0 aromatic rings. The number of hydrogen-bond acceptors (Lipinski definition) is 5. The van der Waals surface area contributed by atoms with Crippen LogP contribution in [0, 0.1) is 0 Å². The molecule has 2 saturated heterocycles. The molecule has 2 aliphatic rings. The van der Waals surface area contributed by atoms with Crippen LogP contribution in [-0.4, -0.2) is 72.8 Å². The third-order valence-electron chi connectivity index (χ3n) is 3.89. The maximum atomic E-state index is 12.0. The number of nitrogens with two attached hydrogens (primary N) is 1. The molecule has 1 amide bonds. The number of carbonyl (C=O) groups excluding carboxylic acids is 1. The summed E-state index contributed by atoms with van der Waals surface area (Å²) in [6, 6.07) is 0. The standard InChI is InChI=1S/C13H26N4O2/c1-12(2,3)19-11(18)16-4-6-17(7-5-16)13(8-14)9-15-10-13/h15H,4-10,14H2,1-3H3. The molecule has 3 N–H and O–H groups in total. The van der Waals surface area contributed by atoms with Gasteiger partial charge in [-0.2, -0.15) is 0 Å². The molecular weight excluding hydrogens is 244 g/mol. The van der Waals surface area contributed by atoms with Crippen molar-refractivity contribution < 1.29 is 9.53 Å². The van der Waals surface area contributed by atoms with Gasteiger partial charge in [-0.05, 0) is 20.8 Å². The van der Waals surface area contributed by atoms with E-state index in [-0.39, 0.29) is 11.6 Å². The smallest absolute Gasteiger partial charge is 0.410 e. The van der Waals surface area contributed by atoms with Crippen LogP contribution >= 0.6 is 0 Å². The molecule has 6 heteroatoms. The van der Waals surface area contributed by atoms with Gasteiger partial charge >= 0.3 is 6.09 Å². The maximum Gasteiger partial charge on any atom is 0.410 e. The van der Waals surface area contributed by atoms with E-state index in [4.69, 9.17) is 10.5 Å². The first-order valence-electron chi connectivity index (χ1n) is 7.00. The normalized spacial score (nSPS) is 23.9. The Morgan fingerprint density at radius 2 is 1.84 bits per heavy atom. The van der Waals surface area contributed by atoms with E-state index in [0.717, 1.165) is 39.3 Å². The topological polar surface area (TPSA) is 70.8 Å². The highest BCUT2D eigenvalue weighted by Gasteiger charge is 2.42. The highest BCUT2D eigenvalue weighted by Crippen LogP contribution is 2.21. The van der Waals surface area contributed by atoms with E-state index in [1.54, 1.807) is 4.90 Å². The lowest BCUT2D eigenvalue weighted by atomic mass is 9.89. The third-order valence-corrected chi connectivity index (χ3v) is 3.89. The van der Waals surface area contributed by atoms with Gasteiger partial charge in [0, 0.05) is 45.8 Å². The summed E-state index contributed by atoms with van der Waals surface area (Å²) in [5.74, 6) is 0. The van der Waals surface area contributed by atoms with Crippen LogP contribution in [-0.2, 0) is 4.74 Å². The molecule has 0 radical (unpaired) electrons. The van der Waals surface area contributed by atoms with Crippen LogP contribution in [0.3, 0.4) is 0 Å². The minimum atomic E-state index is -0.426. The molecule has 0 aromatic heterocycles. The van der Waals surface area contributed by atoms with Crippen molar-refractivity contribution in [2.45, 2.75) is 31.9 Å². The van der Waals surface area contributed by atoms with Crippen LogP contribution < -0.4 is 11.1 Å². The number of nitrogens with zero attached hydrogens (tertiary/aromatic N) is 2. The molecule has 0 atom stereocenters. The Morgan fingerprint density at radius 3 is 2.21 bits per heavy atom. The zero-order chi connectivity index (χ0) is 14.1. The molecule has 0 aromatic carbocycles. The van der Waals surface area contributed by atoms with Crippen molar-refractivity contribution in [2.24, 2.45) is 5.73 Å². The summed E-state index contributed by atoms with van der Waals surface area (Å²) in [6.07, 6.45) is -0.208. The van der Waals surface area contributed by atoms with Gasteiger partial charge < -0.3 is 20.7 Å². The molecule has 110 valence electrons. The average molecular weight is 270 g/mol. The lowest BCUT2D eigenvalue weighted by Crippen LogP contribution is -2.74. The molecule has 0 aliphatic carbocycles. The Kier molecular flexibility index (Phi) is 4.03. The minimum absolute atomic E-state index is 0.111. The second kappa shape index (κ2) is 5.26. The summed E-state index contributed by atoms with van der Waals surface area (Å²) in [5.41, 5.74) is 5.58. The van der Waals surface area contributed by atoms with Crippen LogP contribution in [0.25, 0.3) is 0 Å². The third kappa shape index (κ3) is 3.19. The van der Waals surface area contributed by atoms with Crippen molar-refractivity contribution in [2.75, 3.05) is 45.8 Å². The molecule has 2 rings (SSSR count). The van der Waals surface area contributed by atoms with Crippen molar-refractivity contribution in [3.05, 3.63) is 0 Å². The summed E-state index contributed by atoms with van der Waals surface area (Å²) in [5, 5.41) is 3.29. The summed E-state index contributed by atoms with van der Waals surface area (Å²) < 4.78 is 5.40. The van der Waals surface area contributed by atoms with Crippen LogP contribution in [0.5, 0.6) is 0 Å². The number of amides is 1. The Bertz CT molecular complexity index is 323.